The summed E-state index contributed by atoms with van der Waals surface area (Å²) in [4.78, 5) is 13.5. The molecule has 20 heavy (non-hydrogen) atoms. The molecular weight excluding hydrogens is 262 g/mol. The zero-order valence-corrected chi connectivity index (χ0v) is 11.7. The van der Waals surface area contributed by atoms with Crippen molar-refractivity contribution in [3.8, 4) is 0 Å². The Bertz CT molecular complexity index is 479. The van der Waals surface area contributed by atoms with E-state index in [1.807, 2.05) is 0 Å². The highest BCUT2D eigenvalue weighted by Crippen LogP contribution is 2.25. The monoisotopic (exact) mass is 282 g/mol. The summed E-state index contributed by atoms with van der Waals surface area (Å²) in [7, 11) is 0. The predicted molar refractivity (Wildman–Crippen MR) is 73.0 cm³/mol. The lowest BCUT2D eigenvalue weighted by Crippen LogP contribution is -2.31. The maximum absolute atomic E-state index is 13.8. The van der Waals surface area contributed by atoms with E-state index in [-0.39, 0.29) is 12.5 Å². The van der Waals surface area contributed by atoms with Crippen molar-refractivity contribution in [1.82, 2.24) is 10.2 Å². The number of hydrogen-bond donors (Lipinski definition) is 1. The molecule has 0 aliphatic carbocycles. The Balaban J connectivity index is 2.07. The van der Waals surface area contributed by atoms with Crippen molar-refractivity contribution in [2.24, 2.45) is 0 Å². The number of unbranched alkanes of at least 4 members (excludes halogenated alkanes) is 3. The van der Waals surface area contributed by atoms with E-state index in [0.29, 0.717) is 12.1 Å². The van der Waals surface area contributed by atoms with Gasteiger partial charge in [0.25, 0.3) is 0 Å². The SMILES string of the molecule is CCCCCCN1C(=O)CNC1c1ccc(F)cc1F. The minimum absolute atomic E-state index is 0.0322. The van der Waals surface area contributed by atoms with E-state index in [4.69, 9.17) is 0 Å². The van der Waals surface area contributed by atoms with Crippen LogP contribution >= 0.6 is 0 Å². The van der Waals surface area contributed by atoms with Crippen LogP contribution in [0.3, 0.4) is 0 Å². The van der Waals surface area contributed by atoms with Crippen LogP contribution in [0.15, 0.2) is 18.2 Å². The van der Waals surface area contributed by atoms with Crippen LogP contribution in [0, 0.1) is 11.6 Å². The molecule has 1 fully saturated rings. The first kappa shape index (κ1) is 14.9. The molecule has 1 saturated heterocycles. The van der Waals surface area contributed by atoms with E-state index < -0.39 is 17.8 Å². The molecule has 1 heterocycles. The molecule has 0 bridgehead atoms. The molecule has 0 spiro atoms. The van der Waals surface area contributed by atoms with E-state index in [0.717, 1.165) is 31.7 Å². The van der Waals surface area contributed by atoms with Gasteiger partial charge in [0.05, 0.1) is 6.54 Å². The van der Waals surface area contributed by atoms with E-state index in [1.165, 1.54) is 12.1 Å². The number of carbonyl (C=O) groups is 1. The van der Waals surface area contributed by atoms with E-state index in [2.05, 4.69) is 12.2 Å². The van der Waals surface area contributed by atoms with E-state index in [1.54, 1.807) is 4.90 Å². The summed E-state index contributed by atoms with van der Waals surface area (Å²) >= 11 is 0. The Morgan fingerprint density at radius 3 is 2.80 bits per heavy atom. The first-order valence-corrected chi connectivity index (χ1v) is 7.11. The van der Waals surface area contributed by atoms with Gasteiger partial charge in [0.2, 0.25) is 5.91 Å². The number of hydrogen-bond acceptors (Lipinski definition) is 2. The van der Waals surface area contributed by atoms with Crippen molar-refractivity contribution >= 4 is 5.91 Å². The normalized spacial score (nSPS) is 18.9. The molecule has 3 nitrogen and oxygen atoms in total. The number of halogens is 2. The quantitative estimate of drug-likeness (QED) is 0.814. The minimum atomic E-state index is -0.615. The van der Waals surface area contributed by atoms with Crippen molar-refractivity contribution in [2.45, 2.75) is 38.8 Å². The van der Waals surface area contributed by atoms with Crippen LogP contribution in [0.5, 0.6) is 0 Å². The van der Waals surface area contributed by atoms with Crippen LogP contribution in [0.1, 0.15) is 44.3 Å². The number of carbonyl (C=O) groups excluding carboxylic acids is 1. The zero-order valence-electron chi connectivity index (χ0n) is 11.7. The largest absolute Gasteiger partial charge is 0.322 e. The van der Waals surface area contributed by atoms with Gasteiger partial charge in [-0.25, -0.2) is 8.78 Å². The summed E-state index contributed by atoms with van der Waals surface area (Å²) in [5.74, 6) is -1.25. The van der Waals surface area contributed by atoms with Crippen molar-refractivity contribution in [3.05, 3.63) is 35.4 Å². The van der Waals surface area contributed by atoms with Crippen molar-refractivity contribution in [3.63, 3.8) is 0 Å². The molecule has 1 aliphatic rings. The molecule has 0 radical (unpaired) electrons. The topological polar surface area (TPSA) is 32.3 Å². The van der Waals surface area contributed by atoms with Crippen LogP contribution < -0.4 is 5.32 Å². The second kappa shape index (κ2) is 6.79. The highest BCUT2D eigenvalue weighted by molar-refractivity contribution is 5.80. The number of nitrogens with one attached hydrogen (secondary N) is 1. The van der Waals surface area contributed by atoms with Gasteiger partial charge in [-0.3, -0.25) is 10.1 Å². The number of amides is 1. The smallest absolute Gasteiger partial charge is 0.238 e. The van der Waals surface area contributed by atoms with Crippen LogP contribution in [0.2, 0.25) is 0 Å². The molecule has 1 aromatic rings. The van der Waals surface area contributed by atoms with Gasteiger partial charge in [-0.2, -0.15) is 0 Å². The fraction of sp³-hybridized carbons (Fsp3) is 0.533. The van der Waals surface area contributed by atoms with Crippen molar-refractivity contribution in [1.29, 1.82) is 0 Å². The summed E-state index contributed by atoms with van der Waals surface area (Å²) in [5, 5.41) is 2.99. The van der Waals surface area contributed by atoms with Gasteiger partial charge in [0.1, 0.15) is 17.8 Å². The number of nitrogens with zero attached hydrogens (tertiary/aromatic N) is 1. The Kier molecular flexibility index (Phi) is 5.06. The van der Waals surface area contributed by atoms with Gasteiger partial charge >= 0.3 is 0 Å². The molecule has 2 rings (SSSR count). The molecule has 5 heteroatoms. The van der Waals surface area contributed by atoms with Gasteiger partial charge in [-0.1, -0.05) is 26.2 Å². The fourth-order valence-electron chi connectivity index (χ4n) is 2.50. The lowest BCUT2D eigenvalue weighted by molar-refractivity contribution is -0.128. The van der Waals surface area contributed by atoms with Crippen LogP contribution in [0.25, 0.3) is 0 Å². The maximum Gasteiger partial charge on any atom is 0.238 e. The first-order valence-electron chi connectivity index (χ1n) is 7.11. The second-order valence-electron chi connectivity index (χ2n) is 5.10. The molecule has 110 valence electrons. The molecule has 1 amide bonds. The molecule has 1 N–H and O–H groups in total. The number of rotatable bonds is 6. The third kappa shape index (κ3) is 3.33. The van der Waals surface area contributed by atoms with Gasteiger partial charge in [0, 0.05) is 18.2 Å². The van der Waals surface area contributed by atoms with E-state index in [9.17, 15) is 13.6 Å². The Hall–Kier alpha value is -1.49. The average Bonchev–Trinajstić information content (AvgIpc) is 2.76. The van der Waals surface area contributed by atoms with E-state index >= 15 is 0 Å². The number of benzene rings is 1. The van der Waals surface area contributed by atoms with Crippen molar-refractivity contribution in [2.75, 3.05) is 13.1 Å². The molecule has 1 unspecified atom stereocenters. The molecule has 0 aromatic heterocycles. The highest BCUT2D eigenvalue weighted by Gasteiger charge is 2.32. The minimum Gasteiger partial charge on any atom is -0.322 e. The molecule has 0 saturated carbocycles. The summed E-state index contributed by atoms with van der Waals surface area (Å²) in [6.45, 7) is 2.93. The Morgan fingerprint density at radius 2 is 2.10 bits per heavy atom. The van der Waals surface area contributed by atoms with Crippen molar-refractivity contribution < 1.29 is 13.6 Å². The standard InChI is InChI=1S/C15H20F2N2O/c1-2-3-4-5-8-19-14(20)10-18-15(19)12-7-6-11(16)9-13(12)17/h6-7,9,15,18H,2-5,8,10H2,1H3. The Morgan fingerprint density at radius 1 is 1.30 bits per heavy atom. The zero-order chi connectivity index (χ0) is 14.5. The maximum atomic E-state index is 13.8. The average molecular weight is 282 g/mol. The lowest BCUT2D eigenvalue weighted by atomic mass is 10.1. The summed E-state index contributed by atoms with van der Waals surface area (Å²) < 4.78 is 26.8. The van der Waals surface area contributed by atoms with Crippen LogP contribution in [-0.2, 0) is 4.79 Å². The van der Waals surface area contributed by atoms with Gasteiger partial charge in [-0.05, 0) is 18.6 Å². The van der Waals surface area contributed by atoms with Gasteiger partial charge < -0.3 is 4.90 Å². The molecule has 1 aromatic carbocycles. The molecule has 1 aliphatic heterocycles. The summed E-state index contributed by atoms with van der Waals surface area (Å²) in [5.41, 5.74) is 0.327. The molecule has 1 atom stereocenters. The third-order valence-corrected chi connectivity index (χ3v) is 3.59. The van der Waals surface area contributed by atoms with Crippen LogP contribution in [-0.4, -0.2) is 23.9 Å². The first-order chi connectivity index (χ1) is 9.63. The third-order valence-electron chi connectivity index (χ3n) is 3.59. The van der Waals surface area contributed by atoms with Gasteiger partial charge in [0.15, 0.2) is 0 Å². The lowest BCUT2D eigenvalue weighted by Gasteiger charge is -2.25. The van der Waals surface area contributed by atoms with Crippen LogP contribution in [0.4, 0.5) is 8.78 Å². The second-order valence-corrected chi connectivity index (χ2v) is 5.10. The molecular formula is C15H20F2N2O. The highest BCUT2D eigenvalue weighted by atomic mass is 19.1. The summed E-state index contributed by atoms with van der Waals surface area (Å²) in [6.07, 6.45) is 3.73. The predicted octanol–water partition coefficient (Wildman–Crippen LogP) is 2.98. The summed E-state index contributed by atoms with van der Waals surface area (Å²) in [6, 6.07) is 3.48. The van der Waals surface area contributed by atoms with Gasteiger partial charge in [-0.15, -0.1) is 0 Å². The fourth-order valence-corrected chi connectivity index (χ4v) is 2.50. The Labute approximate surface area is 118 Å².